The maximum absolute atomic E-state index is 6.48. The molecule has 1 aliphatic heterocycles. The highest BCUT2D eigenvalue weighted by atomic mass is 35.5. The van der Waals surface area contributed by atoms with E-state index in [2.05, 4.69) is 32.7 Å². The second-order valence-corrected chi connectivity index (χ2v) is 9.68. The predicted octanol–water partition coefficient (Wildman–Crippen LogP) is 6.03. The Morgan fingerprint density at radius 2 is 1.71 bits per heavy atom. The normalized spacial score (nSPS) is 22.6. The van der Waals surface area contributed by atoms with Crippen molar-refractivity contribution in [1.29, 1.82) is 0 Å². The van der Waals surface area contributed by atoms with Crippen LogP contribution in [0.3, 0.4) is 0 Å². The van der Waals surface area contributed by atoms with Gasteiger partial charge in [0.15, 0.2) is 0 Å². The molecule has 1 aliphatic carbocycles. The van der Waals surface area contributed by atoms with Gasteiger partial charge in [-0.1, -0.05) is 42.6 Å². The van der Waals surface area contributed by atoms with Crippen LogP contribution in [-0.2, 0) is 0 Å². The van der Waals surface area contributed by atoms with Crippen molar-refractivity contribution in [3.05, 3.63) is 41.7 Å². The number of hydrogen-bond acceptors (Lipinski definition) is 4. The minimum absolute atomic E-state index is 0.451. The maximum atomic E-state index is 6.48. The number of aromatic amines is 1. The molecule has 0 radical (unpaired) electrons. The molecule has 1 aromatic carbocycles. The van der Waals surface area contributed by atoms with Gasteiger partial charge in [-0.25, -0.2) is 9.97 Å². The Bertz CT molecular complexity index is 1000. The van der Waals surface area contributed by atoms with Crippen LogP contribution in [0.2, 0.25) is 5.02 Å². The molecule has 0 atom stereocenters. The quantitative estimate of drug-likeness (QED) is 0.440. The Morgan fingerprint density at radius 1 is 0.968 bits per heavy atom. The molecule has 3 heterocycles. The summed E-state index contributed by atoms with van der Waals surface area (Å²) in [5, 5.41) is 8.77. The number of nitrogens with one attached hydrogen (secondary N) is 3. The molecule has 2 aromatic heterocycles. The first-order valence-electron chi connectivity index (χ1n) is 11.8. The van der Waals surface area contributed by atoms with Gasteiger partial charge in [-0.05, 0) is 69.5 Å². The molecule has 2 fully saturated rings. The highest BCUT2D eigenvalue weighted by molar-refractivity contribution is 6.33. The Balaban J connectivity index is 1.19. The SMILES string of the molecule is Clc1cnc(NC2CCC(CCC3CCNCC3)CC2)nc1-c1c[nH]c2ccccc12. The first-order valence-corrected chi connectivity index (χ1v) is 12.2. The number of hydrogen-bond donors (Lipinski definition) is 3. The van der Waals surface area contributed by atoms with E-state index in [1.807, 2.05) is 18.3 Å². The minimum atomic E-state index is 0.451. The van der Waals surface area contributed by atoms with E-state index in [4.69, 9.17) is 16.6 Å². The van der Waals surface area contributed by atoms with E-state index in [1.54, 1.807) is 6.20 Å². The van der Waals surface area contributed by atoms with Crippen molar-refractivity contribution in [2.24, 2.45) is 11.8 Å². The highest BCUT2D eigenvalue weighted by Gasteiger charge is 2.23. The molecule has 0 amide bonds. The number of benzene rings is 1. The average Bonchev–Trinajstić information content (AvgIpc) is 3.25. The minimum Gasteiger partial charge on any atom is -0.360 e. The number of fused-ring (bicyclic) bond motifs is 1. The predicted molar refractivity (Wildman–Crippen MR) is 129 cm³/mol. The molecular weight excluding hydrogens is 406 g/mol. The second kappa shape index (κ2) is 9.58. The van der Waals surface area contributed by atoms with E-state index in [9.17, 15) is 0 Å². The standard InChI is InChI=1S/C25H32ClN5/c26-22-16-29-25(31-24(22)21-15-28-23-4-2-1-3-20(21)23)30-19-9-7-17(8-10-19)5-6-18-11-13-27-14-12-18/h1-4,15-19,27-28H,5-14H2,(H,29,30,31). The van der Waals surface area contributed by atoms with Crippen LogP contribution in [0.25, 0.3) is 22.2 Å². The molecule has 0 spiro atoms. The van der Waals surface area contributed by atoms with Gasteiger partial charge in [0.05, 0.1) is 16.9 Å². The van der Waals surface area contributed by atoms with Crippen LogP contribution in [0.15, 0.2) is 36.7 Å². The fourth-order valence-corrected chi connectivity index (χ4v) is 5.51. The van der Waals surface area contributed by atoms with Crippen molar-refractivity contribution >= 4 is 28.5 Å². The molecule has 5 nitrogen and oxygen atoms in total. The molecule has 0 unspecified atom stereocenters. The molecule has 6 heteroatoms. The van der Waals surface area contributed by atoms with Gasteiger partial charge in [0.25, 0.3) is 0 Å². The summed E-state index contributed by atoms with van der Waals surface area (Å²) in [4.78, 5) is 12.6. The van der Waals surface area contributed by atoms with Crippen molar-refractivity contribution in [2.45, 2.75) is 57.4 Å². The number of rotatable bonds is 6. The van der Waals surface area contributed by atoms with Crippen LogP contribution < -0.4 is 10.6 Å². The first-order chi connectivity index (χ1) is 15.3. The molecule has 1 saturated carbocycles. The number of nitrogens with zero attached hydrogens (tertiary/aromatic N) is 2. The summed E-state index contributed by atoms with van der Waals surface area (Å²) < 4.78 is 0. The van der Waals surface area contributed by atoms with Gasteiger partial charge < -0.3 is 15.6 Å². The van der Waals surface area contributed by atoms with Crippen molar-refractivity contribution in [3.63, 3.8) is 0 Å². The summed E-state index contributed by atoms with van der Waals surface area (Å²) in [6, 6.07) is 8.68. The van der Waals surface area contributed by atoms with Gasteiger partial charge in [0.1, 0.15) is 0 Å². The fourth-order valence-electron chi connectivity index (χ4n) is 5.31. The second-order valence-electron chi connectivity index (χ2n) is 9.27. The number of halogens is 1. The lowest BCUT2D eigenvalue weighted by Crippen LogP contribution is -2.29. The van der Waals surface area contributed by atoms with Crippen molar-refractivity contribution in [2.75, 3.05) is 18.4 Å². The molecule has 1 saturated heterocycles. The van der Waals surface area contributed by atoms with E-state index in [1.165, 1.54) is 64.5 Å². The highest BCUT2D eigenvalue weighted by Crippen LogP contribution is 2.34. The van der Waals surface area contributed by atoms with Crippen molar-refractivity contribution in [1.82, 2.24) is 20.3 Å². The van der Waals surface area contributed by atoms with E-state index in [-0.39, 0.29) is 0 Å². The summed E-state index contributed by atoms with van der Waals surface area (Å²) in [7, 11) is 0. The summed E-state index contributed by atoms with van der Waals surface area (Å²) in [5.41, 5.74) is 2.89. The first kappa shape index (κ1) is 20.8. The Hall–Kier alpha value is -2.11. The van der Waals surface area contributed by atoms with Crippen LogP contribution in [-0.4, -0.2) is 34.1 Å². The summed E-state index contributed by atoms with van der Waals surface area (Å²) in [5.74, 6) is 2.52. The maximum Gasteiger partial charge on any atom is 0.223 e. The van der Waals surface area contributed by atoms with E-state index in [0.29, 0.717) is 17.0 Å². The molecular formula is C25H32ClN5. The van der Waals surface area contributed by atoms with Crippen molar-refractivity contribution < 1.29 is 0 Å². The van der Waals surface area contributed by atoms with Gasteiger partial charge in [-0.2, -0.15) is 0 Å². The lowest BCUT2D eigenvalue weighted by molar-refractivity contribution is 0.271. The lowest BCUT2D eigenvalue weighted by Gasteiger charge is -2.31. The molecule has 3 N–H and O–H groups in total. The van der Waals surface area contributed by atoms with E-state index < -0.39 is 0 Å². The zero-order valence-corrected chi connectivity index (χ0v) is 18.8. The van der Waals surface area contributed by atoms with Crippen molar-refractivity contribution in [3.8, 4) is 11.3 Å². The van der Waals surface area contributed by atoms with Crippen LogP contribution in [0.1, 0.15) is 51.4 Å². The lowest BCUT2D eigenvalue weighted by atomic mass is 9.80. The number of aromatic nitrogens is 3. The molecule has 0 bridgehead atoms. The molecule has 164 valence electrons. The summed E-state index contributed by atoms with van der Waals surface area (Å²) in [6.07, 6.45) is 14.3. The topological polar surface area (TPSA) is 65.6 Å². The van der Waals surface area contributed by atoms with Gasteiger partial charge in [0, 0.05) is 28.7 Å². The monoisotopic (exact) mass is 437 g/mol. The van der Waals surface area contributed by atoms with Gasteiger partial charge in [-0.15, -0.1) is 0 Å². The number of H-pyrrole nitrogens is 1. The van der Waals surface area contributed by atoms with Gasteiger partial charge in [-0.3, -0.25) is 0 Å². The smallest absolute Gasteiger partial charge is 0.223 e. The zero-order chi connectivity index (χ0) is 21.0. The zero-order valence-electron chi connectivity index (χ0n) is 18.0. The van der Waals surface area contributed by atoms with Crippen LogP contribution in [0, 0.1) is 11.8 Å². The average molecular weight is 438 g/mol. The third-order valence-corrected chi connectivity index (χ3v) is 7.49. The molecule has 3 aromatic rings. The number of piperidine rings is 1. The third kappa shape index (κ3) is 4.88. The fraction of sp³-hybridized carbons (Fsp3) is 0.520. The number of para-hydroxylation sites is 1. The van der Waals surface area contributed by atoms with Crippen LogP contribution in [0.5, 0.6) is 0 Å². The van der Waals surface area contributed by atoms with Crippen LogP contribution in [0.4, 0.5) is 5.95 Å². The largest absolute Gasteiger partial charge is 0.360 e. The van der Waals surface area contributed by atoms with E-state index in [0.717, 1.165) is 34.0 Å². The van der Waals surface area contributed by atoms with Gasteiger partial charge in [0.2, 0.25) is 5.95 Å². The molecule has 31 heavy (non-hydrogen) atoms. The number of anilines is 1. The Kier molecular flexibility index (Phi) is 6.42. The Labute approximate surface area is 189 Å². The van der Waals surface area contributed by atoms with E-state index >= 15 is 0 Å². The summed E-state index contributed by atoms with van der Waals surface area (Å²) in [6.45, 7) is 2.42. The summed E-state index contributed by atoms with van der Waals surface area (Å²) >= 11 is 6.48. The third-order valence-electron chi connectivity index (χ3n) is 7.21. The molecule has 5 rings (SSSR count). The van der Waals surface area contributed by atoms with Crippen LogP contribution >= 0.6 is 11.6 Å². The molecule has 2 aliphatic rings. The Morgan fingerprint density at radius 3 is 2.52 bits per heavy atom. The van der Waals surface area contributed by atoms with Gasteiger partial charge >= 0.3 is 0 Å².